The lowest BCUT2D eigenvalue weighted by Gasteiger charge is -2.22. The molecule has 41 heavy (non-hydrogen) atoms. The number of aliphatic hydroxyl groups is 2. The lowest BCUT2D eigenvalue weighted by molar-refractivity contribution is -0.130. The highest BCUT2D eigenvalue weighted by Gasteiger charge is 2.27. The molecule has 0 saturated heterocycles. The minimum Gasteiger partial charge on any atom is -0.387 e. The van der Waals surface area contributed by atoms with Crippen molar-refractivity contribution in [3.63, 3.8) is 0 Å². The number of amides is 1. The number of hydrogen-bond donors (Lipinski definition) is 4. The summed E-state index contributed by atoms with van der Waals surface area (Å²) < 4.78 is 32.2. The number of aliphatic hydroxyl groups excluding tert-OH is 2. The molecule has 0 aromatic heterocycles. The number of rotatable bonds is 29. The van der Waals surface area contributed by atoms with Gasteiger partial charge < -0.3 is 15.5 Å². The Kier molecular flexibility index (Phi) is 26.8. The Labute approximate surface area is 252 Å². The summed E-state index contributed by atoms with van der Waals surface area (Å²) in [7, 11) is -4.43. The van der Waals surface area contributed by atoms with E-state index in [1.54, 1.807) is 6.08 Å². The molecule has 242 valence electrons. The second kappa shape index (κ2) is 27.6. The second-order valence-corrected chi connectivity index (χ2v) is 13.1. The van der Waals surface area contributed by atoms with Crippen LogP contribution >= 0.6 is 0 Å². The van der Waals surface area contributed by atoms with Gasteiger partial charge in [-0.3, -0.25) is 9.35 Å². The molecule has 0 aliphatic carbocycles. The van der Waals surface area contributed by atoms with Gasteiger partial charge in [-0.15, -0.1) is 0 Å². The summed E-state index contributed by atoms with van der Waals surface area (Å²) in [4.78, 5) is 12.4. The summed E-state index contributed by atoms with van der Waals surface area (Å²) in [5.41, 5.74) is 0. The maximum atomic E-state index is 12.4. The maximum Gasteiger partial charge on any atom is 0.267 e. The zero-order chi connectivity index (χ0) is 30.6. The molecule has 0 bridgehead atoms. The quantitative estimate of drug-likeness (QED) is 0.0394. The molecule has 0 aromatic rings. The molecule has 0 aromatic carbocycles. The fourth-order valence-corrected chi connectivity index (χ4v) is 5.58. The van der Waals surface area contributed by atoms with Gasteiger partial charge in [0.1, 0.15) is 6.10 Å². The molecule has 3 atom stereocenters. The zero-order valence-corrected chi connectivity index (χ0v) is 27.1. The van der Waals surface area contributed by atoms with Gasteiger partial charge in [-0.1, -0.05) is 141 Å². The number of allylic oxidation sites excluding steroid dienone is 3. The van der Waals surface area contributed by atoms with Gasteiger partial charge in [0.2, 0.25) is 5.91 Å². The van der Waals surface area contributed by atoms with E-state index in [9.17, 15) is 28.0 Å². The van der Waals surface area contributed by atoms with Gasteiger partial charge in [0.05, 0.1) is 17.9 Å². The monoisotopic (exact) mass is 601 g/mol. The van der Waals surface area contributed by atoms with Gasteiger partial charge in [-0.25, -0.2) is 0 Å². The van der Waals surface area contributed by atoms with E-state index in [2.05, 4.69) is 31.3 Å². The third-order valence-corrected chi connectivity index (χ3v) is 8.26. The van der Waals surface area contributed by atoms with Gasteiger partial charge >= 0.3 is 0 Å². The SMILES string of the molecule is CCCC/C=C\CCCCCC(O)C(=O)NC(CS(=O)(=O)O)C(O)/C=C/CCCCCCCCCCCCCCC. The molecule has 4 N–H and O–H groups in total. The Morgan fingerprint density at radius 1 is 0.659 bits per heavy atom. The fraction of sp³-hybridized carbons (Fsp3) is 0.848. The largest absolute Gasteiger partial charge is 0.387 e. The predicted molar refractivity (Wildman–Crippen MR) is 172 cm³/mol. The van der Waals surface area contributed by atoms with Crippen LogP contribution in [0.1, 0.15) is 155 Å². The summed E-state index contributed by atoms with van der Waals surface area (Å²) in [5.74, 6) is -1.55. The van der Waals surface area contributed by atoms with E-state index in [1.165, 1.54) is 89.5 Å². The predicted octanol–water partition coefficient (Wildman–Crippen LogP) is 7.82. The van der Waals surface area contributed by atoms with Gasteiger partial charge in [0, 0.05) is 0 Å². The Morgan fingerprint density at radius 2 is 1.10 bits per heavy atom. The molecule has 8 heteroatoms. The van der Waals surface area contributed by atoms with Crippen LogP contribution in [0.25, 0.3) is 0 Å². The van der Waals surface area contributed by atoms with Crippen LogP contribution in [0.3, 0.4) is 0 Å². The topological polar surface area (TPSA) is 124 Å². The van der Waals surface area contributed by atoms with Crippen LogP contribution in [-0.2, 0) is 14.9 Å². The molecule has 0 radical (unpaired) electrons. The van der Waals surface area contributed by atoms with Crippen molar-refractivity contribution < 1.29 is 28.0 Å². The van der Waals surface area contributed by atoms with Crippen molar-refractivity contribution in [3.05, 3.63) is 24.3 Å². The number of carbonyl (C=O) groups excluding carboxylic acids is 1. The van der Waals surface area contributed by atoms with E-state index in [0.29, 0.717) is 6.42 Å². The van der Waals surface area contributed by atoms with Crippen molar-refractivity contribution in [2.45, 2.75) is 173 Å². The minimum atomic E-state index is -4.43. The molecule has 0 aliphatic heterocycles. The standard InChI is InChI=1S/C33H63NO6S/c1-3-5-7-9-11-13-14-15-16-17-18-20-21-23-25-27-31(35)30(29-41(38,39)40)34-33(37)32(36)28-26-24-22-19-12-10-8-6-4-2/h10,12,25,27,30-32,35-36H,3-9,11,13-24,26,28-29H2,1-2H3,(H,34,37)(H,38,39,40)/b12-10-,27-25+. The van der Waals surface area contributed by atoms with Crippen LogP contribution in [-0.4, -0.2) is 53.1 Å². The Balaban J connectivity index is 4.19. The highest BCUT2D eigenvalue weighted by Crippen LogP contribution is 2.14. The highest BCUT2D eigenvalue weighted by atomic mass is 32.2. The van der Waals surface area contributed by atoms with Crippen LogP contribution < -0.4 is 5.32 Å². The van der Waals surface area contributed by atoms with E-state index in [1.807, 2.05) is 0 Å². The molecule has 3 unspecified atom stereocenters. The molecule has 0 saturated carbocycles. The molecule has 7 nitrogen and oxygen atoms in total. The van der Waals surface area contributed by atoms with E-state index >= 15 is 0 Å². The van der Waals surface area contributed by atoms with Gasteiger partial charge in [0.25, 0.3) is 10.1 Å². The summed E-state index contributed by atoms with van der Waals surface area (Å²) >= 11 is 0. The van der Waals surface area contributed by atoms with Crippen molar-refractivity contribution in [1.82, 2.24) is 5.32 Å². The van der Waals surface area contributed by atoms with Gasteiger partial charge in [0.15, 0.2) is 0 Å². The normalized spacial score (nSPS) is 14.6. The third-order valence-electron chi connectivity index (χ3n) is 7.48. The fourth-order valence-electron chi connectivity index (χ4n) is 4.85. The lowest BCUT2D eigenvalue weighted by Crippen LogP contribution is -2.50. The lowest BCUT2D eigenvalue weighted by atomic mass is 10.0. The Hall–Kier alpha value is -1.22. The van der Waals surface area contributed by atoms with E-state index in [0.717, 1.165) is 44.9 Å². The first-order valence-electron chi connectivity index (χ1n) is 16.6. The van der Waals surface area contributed by atoms with Crippen LogP contribution in [0.2, 0.25) is 0 Å². The molecule has 0 aliphatic rings. The molecule has 0 heterocycles. The Morgan fingerprint density at radius 3 is 1.61 bits per heavy atom. The summed E-state index contributed by atoms with van der Waals surface area (Å²) in [6, 6.07) is -1.23. The number of unbranched alkanes of at least 4 members (excludes halogenated alkanes) is 18. The van der Waals surface area contributed by atoms with Crippen molar-refractivity contribution in [1.29, 1.82) is 0 Å². The average Bonchev–Trinajstić information content (AvgIpc) is 2.92. The highest BCUT2D eigenvalue weighted by molar-refractivity contribution is 7.85. The average molecular weight is 602 g/mol. The van der Waals surface area contributed by atoms with Crippen LogP contribution in [0.5, 0.6) is 0 Å². The zero-order valence-electron chi connectivity index (χ0n) is 26.3. The first-order chi connectivity index (χ1) is 19.7. The number of nitrogens with one attached hydrogen (secondary N) is 1. The minimum absolute atomic E-state index is 0.259. The first kappa shape index (κ1) is 39.8. The van der Waals surface area contributed by atoms with E-state index < -0.39 is 40.0 Å². The van der Waals surface area contributed by atoms with Crippen molar-refractivity contribution in [2.75, 3.05) is 5.75 Å². The summed E-state index contributed by atoms with van der Waals surface area (Å²) in [5, 5.41) is 23.1. The molecule has 1 amide bonds. The van der Waals surface area contributed by atoms with Crippen LogP contribution in [0, 0.1) is 0 Å². The summed E-state index contributed by atoms with van der Waals surface area (Å²) in [6.45, 7) is 4.41. The summed E-state index contributed by atoms with van der Waals surface area (Å²) in [6.07, 6.45) is 29.6. The third kappa shape index (κ3) is 27.4. The molecular formula is C33H63NO6S. The van der Waals surface area contributed by atoms with Crippen molar-refractivity contribution >= 4 is 16.0 Å². The van der Waals surface area contributed by atoms with Crippen LogP contribution in [0.15, 0.2) is 24.3 Å². The van der Waals surface area contributed by atoms with Crippen LogP contribution in [0.4, 0.5) is 0 Å². The first-order valence-corrected chi connectivity index (χ1v) is 18.3. The number of carbonyl (C=O) groups is 1. The molecule has 0 rings (SSSR count). The second-order valence-electron chi connectivity index (χ2n) is 11.6. The van der Waals surface area contributed by atoms with Crippen molar-refractivity contribution in [3.8, 4) is 0 Å². The smallest absolute Gasteiger partial charge is 0.267 e. The number of hydrogen-bond acceptors (Lipinski definition) is 5. The Bertz CT molecular complexity index is 768. The molecular weight excluding hydrogens is 538 g/mol. The van der Waals surface area contributed by atoms with E-state index in [4.69, 9.17) is 0 Å². The molecule has 0 fully saturated rings. The molecule has 0 spiro atoms. The van der Waals surface area contributed by atoms with Crippen molar-refractivity contribution in [2.24, 2.45) is 0 Å². The van der Waals surface area contributed by atoms with Gasteiger partial charge in [-0.05, 0) is 38.5 Å². The van der Waals surface area contributed by atoms with E-state index in [-0.39, 0.29) is 6.42 Å². The maximum absolute atomic E-state index is 12.4. The van der Waals surface area contributed by atoms with Gasteiger partial charge in [-0.2, -0.15) is 8.42 Å².